The summed E-state index contributed by atoms with van der Waals surface area (Å²) in [4.78, 5) is 0. The van der Waals surface area contributed by atoms with Crippen molar-refractivity contribution in [2.45, 2.75) is 25.1 Å². The van der Waals surface area contributed by atoms with Gasteiger partial charge in [-0.2, -0.15) is 13.2 Å². The molecule has 1 aliphatic heterocycles. The van der Waals surface area contributed by atoms with Gasteiger partial charge >= 0.3 is 6.18 Å². The number of halogens is 4. The normalized spacial score (nSPS) is 24.2. The Morgan fingerprint density at radius 1 is 1.26 bits per heavy atom. The van der Waals surface area contributed by atoms with Gasteiger partial charge in [-0.15, -0.1) is 0 Å². The number of anilines is 1. The van der Waals surface area contributed by atoms with E-state index >= 15 is 0 Å². The molecule has 0 bridgehead atoms. The predicted molar refractivity (Wildman–Crippen MR) is 71.0 cm³/mol. The molecule has 1 aliphatic rings. The van der Waals surface area contributed by atoms with E-state index in [0.717, 1.165) is 25.0 Å². The molecule has 0 unspecified atom stereocenters. The Kier molecular flexibility index (Phi) is 4.40. The quantitative estimate of drug-likeness (QED) is 0.902. The Bertz CT molecular complexity index is 482. The van der Waals surface area contributed by atoms with Crippen LogP contribution in [0.15, 0.2) is 18.2 Å². The molecular weight excluding hydrogens is 299 g/mol. The molecular formula is C12H13ClF3NOS. The first kappa shape index (κ1) is 14.7. The van der Waals surface area contributed by atoms with E-state index in [1.54, 1.807) is 0 Å². The highest BCUT2D eigenvalue weighted by molar-refractivity contribution is 7.85. The van der Waals surface area contributed by atoms with E-state index in [1.807, 2.05) is 0 Å². The topological polar surface area (TPSA) is 29.1 Å². The Labute approximate surface area is 116 Å². The largest absolute Gasteiger partial charge is 0.416 e. The van der Waals surface area contributed by atoms with Crippen LogP contribution in [0, 0.1) is 0 Å². The van der Waals surface area contributed by atoms with E-state index in [9.17, 15) is 17.4 Å². The van der Waals surface area contributed by atoms with Crippen LogP contribution >= 0.6 is 11.6 Å². The van der Waals surface area contributed by atoms with Crippen molar-refractivity contribution in [3.63, 3.8) is 0 Å². The van der Waals surface area contributed by atoms with Gasteiger partial charge in [-0.05, 0) is 31.0 Å². The smallest absolute Gasteiger partial charge is 0.381 e. The number of rotatable bonds is 2. The molecule has 0 aromatic heterocycles. The molecule has 2 rings (SSSR count). The molecule has 0 aliphatic carbocycles. The second-order valence-electron chi connectivity index (χ2n) is 4.46. The summed E-state index contributed by atoms with van der Waals surface area (Å²) in [5, 5.41) is 3.17. The first-order chi connectivity index (χ1) is 8.86. The van der Waals surface area contributed by atoms with Gasteiger partial charge in [0.15, 0.2) is 0 Å². The Hall–Kier alpha value is -0.750. The highest BCUT2D eigenvalue weighted by atomic mass is 35.5. The molecule has 0 radical (unpaired) electrons. The summed E-state index contributed by atoms with van der Waals surface area (Å²) in [6.45, 7) is 0. The predicted octanol–water partition coefficient (Wildman–Crippen LogP) is 3.68. The maximum absolute atomic E-state index is 12.5. The molecule has 0 saturated carbocycles. The van der Waals surface area contributed by atoms with E-state index in [2.05, 4.69) is 5.32 Å². The molecule has 1 fully saturated rings. The third-order valence-corrected chi connectivity index (χ3v) is 4.74. The maximum Gasteiger partial charge on any atom is 0.416 e. The van der Waals surface area contributed by atoms with Crippen LogP contribution < -0.4 is 5.32 Å². The van der Waals surface area contributed by atoms with E-state index in [0.29, 0.717) is 17.2 Å². The van der Waals surface area contributed by atoms with E-state index < -0.39 is 22.5 Å². The van der Waals surface area contributed by atoms with Gasteiger partial charge in [0.25, 0.3) is 0 Å². The van der Waals surface area contributed by atoms with Gasteiger partial charge < -0.3 is 5.32 Å². The summed E-state index contributed by atoms with van der Waals surface area (Å²) in [5.74, 6) is 1.24. The molecule has 2 nitrogen and oxygen atoms in total. The van der Waals surface area contributed by atoms with Crippen molar-refractivity contribution in [3.05, 3.63) is 28.8 Å². The van der Waals surface area contributed by atoms with E-state index in [-0.39, 0.29) is 11.1 Å². The van der Waals surface area contributed by atoms with Crippen molar-refractivity contribution in [1.82, 2.24) is 0 Å². The van der Waals surface area contributed by atoms with Crippen LogP contribution in [-0.2, 0) is 17.0 Å². The summed E-state index contributed by atoms with van der Waals surface area (Å²) in [6, 6.07) is 3.39. The Balaban J connectivity index is 2.07. The molecule has 7 heteroatoms. The maximum atomic E-state index is 12.5. The first-order valence-corrected chi connectivity index (χ1v) is 7.71. The average Bonchev–Trinajstić information content (AvgIpc) is 2.33. The zero-order chi connectivity index (χ0) is 14.0. The van der Waals surface area contributed by atoms with Crippen LogP contribution in [0.1, 0.15) is 18.4 Å². The van der Waals surface area contributed by atoms with Gasteiger partial charge in [0.1, 0.15) is 0 Å². The van der Waals surface area contributed by atoms with Gasteiger partial charge in [0.05, 0.1) is 16.3 Å². The fourth-order valence-electron chi connectivity index (χ4n) is 1.97. The van der Waals surface area contributed by atoms with Crippen molar-refractivity contribution in [1.29, 1.82) is 0 Å². The second-order valence-corrected chi connectivity index (χ2v) is 6.56. The van der Waals surface area contributed by atoms with Gasteiger partial charge in [-0.25, -0.2) is 0 Å². The zero-order valence-electron chi connectivity index (χ0n) is 9.97. The highest BCUT2D eigenvalue weighted by Crippen LogP contribution is 2.34. The van der Waals surface area contributed by atoms with Crippen LogP contribution in [0.4, 0.5) is 18.9 Å². The lowest BCUT2D eigenvalue weighted by Crippen LogP contribution is -2.29. The van der Waals surface area contributed by atoms with Crippen molar-refractivity contribution >= 4 is 28.1 Å². The summed E-state index contributed by atoms with van der Waals surface area (Å²) >= 11 is 5.86. The van der Waals surface area contributed by atoms with Crippen LogP contribution in [-0.4, -0.2) is 21.8 Å². The lowest BCUT2D eigenvalue weighted by molar-refractivity contribution is -0.137. The van der Waals surface area contributed by atoms with Crippen LogP contribution in [0.5, 0.6) is 0 Å². The number of nitrogens with one attached hydrogen (secondary N) is 1. The first-order valence-electron chi connectivity index (χ1n) is 5.84. The number of hydrogen-bond acceptors (Lipinski definition) is 2. The molecule has 1 heterocycles. The monoisotopic (exact) mass is 311 g/mol. The van der Waals surface area contributed by atoms with Gasteiger partial charge in [-0.1, -0.05) is 11.6 Å². The summed E-state index contributed by atoms with van der Waals surface area (Å²) in [5.41, 5.74) is -0.264. The van der Waals surface area contributed by atoms with Crippen molar-refractivity contribution in [3.8, 4) is 0 Å². The Morgan fingerprint density at radius 2 is 1.89 bits per heavy atom. The van der Waals surface area contributed by atoms with Gasteiger partial charge in [0, 0.05) is 28.3 Å². The minimum absolute atomic E-state index is 0.0570. The van der Waals surface area contributed by atoms with Crippen molar-refractivity contribution < 1.29 is 17.4 Å². The average molecular weight is 312 g/mol. The molecule has 1 N–H and O–H groups in total. The molecule has 0 atom stereocenters. The lowest BCUT2D eigenvalue weighted by atomic mass is 10.1. The molecule has 0 spiro atoms. The van der Waals surface area contributed by atoms with Crippen LogP contribution in [0.3, 0.4) is 0 Å². The number of benzene rings is 1. The fraction of sp³-hybridized carbons (Fsp3) is 0.500. The molecule has 1 aromatic carbocycles. The minimum atomic E-state index is -4.39. The fourth-order valence-corrected chi connectivity index (χ4v) is 3.50. The molecule has 1 aromatic rings. The van der Waals surface area contributed by atoms with Crippen LogP contribution in [0.25, 0.3) is 0 Å². The summed E-state index contributed by atoms with van der Waals surface area (Å²) < 4.78 is 48.7. The van der Waals surface area contributed by atoms with Crippen molar-refractivity contribution in [2.24, 2.45) is 0 Å². The molecule has 1 saturated heterocycles. The van der Waals surface area contributed by atoms with Gasteiger partial charge in [-0.3, -0.25) is 4.21 Å². The summed E-state index contributed by atoms with van der Waals surface area (Å²) in [6.07, 6.45) is -2.90. The molecule has 0 amide bonds. The van der Waals surface area contributed by atoms with Crippen LogP contribution in [0.2, 0.25) is 5.02 Å². The van der Waals surface area contributed by atoms with E-state index in [4.69, 9.17) is 11.6 Å². The Morgan fingerprint density at radius 3 is 2.42 bits per heavy atom. The lowest BCUT2D eigenvalue weighted by Gasteiger charge is -2.24. The number of alkyl halides is 3. The minimum Gasteiger partial charge on any atom is -0.381 e. The third-order valence-electron chi connectivity index (χ3n) is 3.04. The van der Waals surface area contributed by atoms with Crippen molar-refractivity contribution in [2.75, 3.05) is 16.8 Å². The second kappa shape index (κ2) is 5.71. The molecule has 106 valence electrons. The molecule has 19 heavy (non-hydrogen) atoms. The third kappa shape index (κ3) is 3.86. The van der Waals surface area contributed by atoms with E-state index in [1.165, 1.54) is 6.07 Å². The zero-order valence-corrected chi connectivity index (χ0v) is 11.5. The highest BCUT2D eigenvalue weighted by Gasteiger charge is 2.31. The standard InChI is InChI=1S/C12H13ClF3NOS/c13-10-7-8(12(14,15)16)1-2-11(10)17-9-3-5-19(18)6-4-9/h1-2,7,9,17H,3-6H2. The summed E-state index contributed by atoms with van der Waals surface area (Å²) in [7, 11) is -0.761. The number of hydrogen-bond donors (Lipinski definition) is 1. The SMILES string of the molecule is O=S1CCC(Nc2ccc(C(F)(F)F)cc2Cl)CC1. The van der Waals surface area contributed by atoms with Gasteiger partial charge in [0.2, 0.25) is 0 Å².